The first kappa shape index (κ1) is 10.7. The molecular formula is C9H12N2O2S. The van der Waals surface area contributed by atoms with Crippen LogP contribution in [0.5, 0.6) is 0 Å². The highest BCUT2D eigenvalue weighted by Gasteiger charge is 2.08. The zero-order valence-corrected chi connectivity index (χ0v) is 8.64. The van der Waals surface area contributed by atoms with E-state index in [1.54, 1.807) is 24.3 Å². The average Bonchev–Trinajstić information content (AvgIpc) is 2.17. The van der Waals surface area contributed by atoms with Crippen LogP contribution < -0.4 is 11.1 Å². The molecule has 0 spiro atoms. The molecule has 1 aromatic carbocycles. The SMILES string of the molecule is CNC(=O)CS(=O)c1cccc(N)c1. The van der Waals surface area contributed by atoms with Gasteiger partial charge in [-0.2, -0.15) is 0 Å². The van der Waals surface area contributed by atoms with Crippen molar-refractivity contribution in [1.82, 2.24) is 5.32 Å². The number of anilines is 1. The number of nitrogens with one attached hydrogen (secondary N) is 1. The maximum Gasteiger partial charge on any atom is 0.232 e. The monoisotopic (exact) mass is 212 g/mol. The van der Waals surface area contributed by atoms with Crippen molar-refractivity contribution >= 4 is 22.4 Å². The summed E-state index contributed by atoms with van der Waals surface area (Å²) in [6.45, 7) is 0. The van der Waals surface area contributed by atoms with E-state index in [2.05, 4.69) is 5.32 Å². The van der Waals surface area contributed by atoms with E-state index in [4.69, 9.17) is 5.73 Å². The second-order valence-corrected chi connectivity index (χ2v) is 4.19. The number of hydrogen-bond acceptors (Lipinski definition) is 3. The summed E-state index contributed by atoms with van der Waals surface area (Å²) in [6, 6.07) is 6.72. The molecule has 0 radical (unpaired) electrons. The Morgan fingerprint density at radius 3 is 2.86 bits per heavy atom. The third-order valence-corrected chi connectivity index (χ3v) is 2.97. The van der Waals surface area contributed by atoms with Crippen LogP contribution in [0.25, 0.3) is 0 Å². The van der Waals surface area contributed by atoms with Crippen LogP contribution in [0.4, 0.5) is 5.69 Å². The second-order valence-electron chi connectivity index (χ2n) is 2.74. The van der Waals surface area contributed by atoms with Crippen LogP contribution in [0.2, 0.25) is 0 Å². The number of carbonyl (C=O) groups is 1. The van der Waals surface area contributed by atoms with Gasteiger partial charge in [0.25, 0.3) is 0 Å². The van der Waals surface area contributed by atoms with E-state index in [9.17, 15) is 9.00 Å². The van der Waals surface area contributed by atoms with E-state index in [-0.39, 0.29) is 11.7 Å². The van der Waals surface area contributed by atoms with Crippen LogP contribution in [0.3, 0.4) is 0 Å². The second kappa shape index (κ2) is 4.76. The lowest BCUT2D eigenvalue weighted by Crippen LogP contribution is -2.24. The quantitative estimate of drug-likeness (QED) is 0.699. The lowest BCUT2D eigenvalue weighted by atomic mass is 10.3. The Morgan fingerprint density at radius 2 is 2.29 bits per heavy atom. The Hall–Kier alpha value is -1.36. The lowest BCUT2D eigenvalue weighted by molar-refractivity contribution is -0.118. The van der Waals surface area contributed by atoms with Crippen LogP contribution in [0.15, 0.2) is 29.2 Å². The molecule has 76 valence electrons. The fraction of sp³-hybridized carbons (Fsp3) is 0.222. The number of benzene rings is 1. The first-order chi connectivity index (χ1) is 6.63. The van der Waals surface area contributed by atoms with Gasteiger partial charge in [0.15, 0.2) is 0 Å². The van der Waals surface area contributed by atoms with Gasteiger partial charge in [0.1, 0.15) is 5.75 Å². The predicted octanol–water partition coefficient (Wildman–Crippen LogP) is 0.122. The van der Waals surface area contributed by atoms with Gasteiger partial charge in [-0.15, -0.1) is 0 Å². The summed E-state index contributed by atoms with van der Waals surface area (Å²) >= 11 is 0. The van der Waals surface area contributed by atoms with Crippen molar-refractivity contribution in [2.45, 2.75) is 4.90 Å². The fourth-order valence-electron chi connectivity index (χ4n) is 0.931. The summed E-state index contributed by atoms with van der Waals surface area (Å²) in [6.07, 6.45) is 0. The number of hydrogen-bond donors (Lipinski definition) is 2. The minimum Gasteiger partial charge on any atom is -0.399 e. The highest BCUT2D eigenvalue weighted by molar-refractivity contribution is 7.85. The maximum atomic E-state index is 11.6. The first-order valence-corrected chi connectivity index (χ1v) is 5.40. The van der Waals surface area contributed by atoms with Crippen molar-refractivity contribution in [3.63, 3.8) is 0 Å². The average molecular weight is 212 g/mol. The highest BCUT2D eigenvalue weighted by Crippen LogP contribution is 2.10. The fourth-order valence-corrected chi connectivity index (χ4v) is 1.98. The molecule has 1 rings (SSSR count). The number of nitrogen functional groups attached to an aromatic ring is 1. The molecule has 0 aliphatic rings. The van der Waals surface area contributed by atoms with Gasteiger partial charge in [-0.05, 0) is 18.2 Å². The van der Waals surface area contributed by atoms with Gasteiger partial charge in [0, 0.05) is 17.6 Å². The molecule has 1 atom stereocenters. The number of carbonyl (C=O) groups excluding carboxylic acids is 1. The third-order valence-electron chi connectivity index (χ3n) is 1.66. The van der Waals surface area contributed by atoms with Crippen LogP contribution in [-0.4, -0.2) is 22.9 Å². The molecular weight excluding hydrogens is 200 g/mol. The van der Waals surface area contributed by atoms with Gasteiger partial charge >= 0.3 is 0 Å². The standard InChI is InChI=1S/C9H12N2O2S/c1-11-9(12)6-14(13)8-4-2-3-7(10)5-8/h2-5H,6,10H2,1H3,(H,11,12). The molecule has 14 heavy (non-hydrogen) atoms. The van der Waals surface area contributed by atoms with Gasteiger partial charge in [-0.1, -0.05) is 6.07 Å². The summed E-state index contributed by atoms with van der Waals surface area (Å²) in [5.41, 5.74) is 6.07. The van der Waals surface area contributed by atoms with Gasteiger partial charge in [-0.25, -0.2) is 0 Å². The maximum absolute atomic E-state index is 11.6. The van der Waals surface area contributed by atoms with Gasteiger partial charge < -0.3 is 11.1 Å². The first-order valence-electron chi connectivity index (χ1n) is 4.08. The van der Waals surface area contributed by atoms with Crippen LogP contribution in [0.1, 0.15) is 0 Å². The van der Waals surface area contributed by atoms with E-state index in [0.29, 0.717) is 10.6 Å². The van der Waals surface area contributed by atoms with Gasteiger partial charge in [-0.3, -0.25) is 9.00 Å². The van der Waals surface area contributed by atoms with Crippen molar-refractivity contribution in [1.29, 1.82) is 0 Å². The smallest absolute Gasteiger partial charge is 0.232 e. The van der Waals surface area contributed by atoms with E-state index >= 15 is 0 Å². The molecule has 0 aliphatic heterocycles. The van der Waals surface area contributed by atoms with E-state index < -0.39 is 10.8 Å². The molecule has 5 heteroatoms. The summed E-state index contributed by atoms with van der Waals surface area (Å²) in [4.78, 5) is 11.5. The number of rotatable bonds is 3. The van der Waals surface area contributed by atoms with Crippen molar-refractivity contribution < 1.29 is 9.00 Å². The zero-order chi connectivity index (χ0) is 10.6. The Bertz CT molecular complexity index is 366. The Morgan fingerprint density at radius 1 is 1.57 bits per heavy atom. The summed E-state index contributed by atoms with van der Waals surface area (Å²) in [5, 5.41) is 2.42. The molecule has 0 saturated heterocycles. The molecule has 0 saturated carbocycles. The lowest BCUT2D eigenvalue weighted by Gasteiger charge is -2.02. The van der Waals surface area contributed by atoms with Crippen LogP contribution >= 0.6 is 0 Å². The van der Waals surface area contributed by atoms with E-state index in [1.165, 1.54) is 7.05 Å². The van der Waals surface area contributed by atoms with Gasteiger partial charge in [0.2, 0.25) is 5.91 Å². The Kier molecular flexibility index (Phi) is 3.64. The minimum atomic E-state index is -1.32. The summed E-state index contributed by atoms with van der Waals surface area (Å²) in [5.74, 6) is -0.272. The minimum absolute atomic E-state index is 0.0278. The molecule has 0 heterocycles. The molecule has 0 bridgehead atoms. The van der Waals surface area contributed by atoms with E-state index in [0.717, 1.165) is 0 Å². The normalized spacial score (nSPS) is 12.1. The van der Waals surface area contributed by atoms with Gasteiger partial charge in [0.05, 0.1) is 10.8 Å². The number of amides is 1. The van der Waals surface area contributed by atoms with Crippen LogP contribution in [0, 0.1) is 0 Å². The summed E-state index contributed by atoms with van der Waals surface area (Å²) < 4.78 is 11.6. The topological polar surface area (TPSA) is 72.2 Å². The highest BCUT2D eigenvalue weighted by atomic mass is 32.2. The zero-order valence-electron chi connectivity index (χ0n) is 7.82. The third kappa shape index (κ3) is 2.85. The molecule has 4 nitrogen and oxygen atoms in total. The molecule has 0 fully saturated rings. The molecule has 3 N–H and O–H groups in total. The van der Waals surface area contributed by atoms with Crippen molar-refractivity contribution in [2.24, 2.45) is 0 Å². The molecule has 0 aliphatic carbocycles. The largest absolute Gasteiger partial charge is 0.399 e. The van der Waals surface area contributed by atoms with Crippen molar-refractivity contribution in [3.05, 3.63) is 24.3 Å². The van der Waals surface area contributed by atoms with Crippen molar-refractivity contribution in [2.75, 3.05) is 18.5 Å². The molecule has 1 unspecified atom stereocenters. The molecule has 1 amide bonds. The van der Waals surface area contributed by atoms with Crippen LogP contribution in [-0.2, 0) is 15.6 Å². The Labute approximate surface area is 85.0 Å². The molecule has 1 aromatic rings. The summed E-state index contributed by atoms with van der Waals surface area (Å²) in [7, 11) is 0.197. The Balaban J connectivity index is 2.75. The van der Waals surface area contributed by atoms with E-state index in [1.807, 2.05) is 0 Å². The number of nitrogens with two attached hydrogens (primary N) is 1. The molecule has 0 aromatic heterocycles. The predicted molar refractivity (Wildman–Crippen MR) is 56.2 cm³/mol. The van der Waals surface area contributed by atoms with Crippen molar-refractivity contribution in [3.8, 4) is 0 Å².